The van der Waals surface area contributed by atoms with E-state index in [-0.39, 0.29) is 23.1 Å². The van der Waals surface area contributed by atoms with Gasteiger partial charge in [-0.3, -0.25) is 19.7 Å². The second-order valence-electron chi connectivity index (χ2n) is 7.65. The molecule has 7 nitrogen and oxygen atoms in total. The Labute approximate surface area is 169 Å². The number of hydrogen-bond acceptors (Lipinski definition) is 4. The zero-order valence-electron chi connectivity index (χ0n) is 17.0. The first-order valence-corrected chi connectivity index (χ1v) is 9.91. The van der Waals surface area contributed by atoms with Crippen molar-refractivity contribution in [1.29, 1.82) is 0 Å². The second kappa shape index (κ2) is 7.66. The van der Waals surface area contributed by atoms with E-state index in [1.54, 1.807) is 25.5 Å². The van der Waals surface area contributed by atoms with Crippen LogP contribution in [0.15, 0.2) is 41.6 Å². The smallest absolute Gasteiger partial charge is 0.263 e. The molecule has 4 rings (SSSR count). The number of pyridine rings is 2. The molecule has 1 saturated heterocycles. The summed E-state index contributed by atoms with van der Waals surface area (Å²) in [7, 11) is 1.70. The van der Waals surface area contributed by atoms with E-state index in [0.717, 1.165) is 47.3 Å². The van der Waals surface area contributed by atoms with Crippen LogP contribution in [-0.4, -0.2) is 37.1 Å². The Morgan fingerprint density at radius 3 is 2.76 bits per heavy atom. The molecule has 1 atom stereocenters. The molecule has 1 fully saturated rings. The van der Waals surface area contributed by atoms with Gasteiger partial charge in [-0.25, -0.2) is 0 Å². The number of H-pyrrole nitrogens is 1. The molecular weight excluding hydrogens is 366 g/mol. The van der Waals surface area contributed by atoms with Crippen LogP contribution in [0.1, 0.15) is 52.6 Å². The number of nitrogens with one attached hydrogen (secondary N) is 1. The third kappa shape index (κ3) is 3.37. The molecule has 7 heteroatoms. The zero-order valence-corrected chi connectivity index (χ0v) is 17.0. The van der Waals surface area contributed by atoms with Crippen molar-refractivity contribution >= 4 is 5.91 Å². The predicted molar refractivity (Wildman–Crippen MR) is 111 cm³/mol. The number of likely N-dealkylation sites (tertiary alicyclic amines) is 1. The molecule has 1 N–H and O–H groups in total. The van der Waals surface area contributed by atoms with Gasteiger partial charge in [-0.15, -0.1) is 0 Å². The average Bonchev–Trinajstić information content (AvgIpc) is 3.21. The van der Waals surface area contributed by atoms with Crippen LogP contribution in [0.3, 0.4) is 0 Å². The Morgan fingerprint density at radius 2 is 1.97 bits per heavy atom. The largest absolute Gasteiger partial charge is 0.330 e. The van der Waals surface area contributed by atoms with E-state index in [1.807, 2.05) is 37.1 Å². The summed E-state index contributed by atoms with van der Waals surface area (Å²) in [6.07, 6.45) is 8.17. The third-order valence-electron chi connectivity index (χ3n) is 5.86. The van der Waals surface area contributed by atoms with Crippen LogP contribution in [-0.2, 0) is 7.05 Å². The molecule has 4 heterocycles. The summed E-state index contributed by atoms with van der Waals surface area (Å²) >= 11 is 0. The minimum atomic E-state index is -0.255. The molecular formula is C22H25N5O2. The van der Waals surface area contributed by atoms with Gasteiger partial charge in [0, 0.05) is 37.2 Å². The molecule has 1 amide bonds. The van der Waals surface area contributed by atoms with Gasteiger partial charge in [0.1, 0.15) is 5.56 Å². The van der Waals surface area contributed by atoms with Gasteiger partial charge in [-0.2, -0.15) is 5.10 Å². The molecule has 1 unspecified atom stereocenters. The number of hydrogen-bond donors (Lipinski definition) is 1. The van der Waals surface area contributed by atoms with Gasteiger partial charge in [0.2, 0.25) is 0 Å². The SMILES string of the molecule is Cc1cnccc1-c1cn[nH]c1C1CCCCN1C(=O)c1ccc(C)n(C)c1=O. The second-order valence-corrected chi connectivity index (χ2v) is 7.65. The topological polar surface area (TPSA) is 83.9 Å². The van der Waals surface area contributed by atoms with E-state index >= 15 is 0 Å². The van der Waals surface area contributed by atoms with Crippen molar-refractivity contribution in [3.8, 4) is 11.1 Å². The maximum atomic E-state index is 13.4. The van der Waals surface area contributed by atoms with Gasteiger partial charge in [0.25, 0.3) is 11.5 Å². The standard InChI is InChI=1S/C22H25N5O2/c1-14-12-23-10-9-16(14)18-13-24-25-20(18)19-6-4-5-11-27(19)22(29)17-8-7-15(2)26(3)21(17)28/h7-10,12-13,19H,4-6,11H2,1-3H3,(H,24,25). The summed E-state index contributed by atoms with van der Waals surface area (Å²) < 4.78 is 1.52. The number of aromatic amines is 1. The van der Waals surface area contributed by atoms with Gasteiger partial charge >= 0.3 is 0 Å². The van der Waals surface area contributed by atoms with Gasteiger partial charge in [0.05, 0.1) is 17.9 Å². The highest BCUT2D eigenvalue weighted by Crippen LogP contribution is 2.37. The van der Waals surface area contributed by atoms with Crippen molar-refractivity contribution in [2.45, 2.75) is 39.2 Å². The fraction of sp³-hybridized carbons (Fsp3) is 0.364. The van der Waals surface area contributed by atoms with E-state index in [1.165, 1.54) is 4.57 Å². The highest BCUT2D eigenvalue weighted by molar-refractivity contribution is 5.94. The van der Waals surface area contributed by atoms with E-state index in [4.69, 9.17) is 0 Å². The first-order chi connectivity index (χ1) is 14.0. The summed E-state index contributed by atoms with van der Waals surface area (Å²) in [4.78, 5) is 32.1. The highest BCUT2D eigenvalue weighted by Gasteiger charge is 2.33. The van der Waals surface area contributed by atoms with Crippen LogP contribution >= 0.6 is 0 Å². The Balaban J connectivity index is 1.75. The minimum Gasteiger partial charge on any atom is -0.330 e. The van der Waals surface area contributed by atoms with Gasteiger partial charge in [0.15, 0.2) is 0 Å². The first-order valence-electron chi connectivity index (χ1n) is 9.91. The molecule has 29 heavy (non-hydrogen) atoms. The maximum Gasteiger partial charge on any atom is 0.263 e. The van der Waals surface area contributed by atoms with E-state index in [0.29, 0.717) is 6.54 Å². The number of amides is 1. The van der Waals surface area contributed by atoms with Crippen LogP contribution < -0.4 is 5.56 Å². The fourth-order valence-electron chi connectivity index (χ4n) is 4.06. The number of aryl methyl sites for hydroxylation is 2. The first kappa shape index (κ1) is 19.1. The van der Waals surface area contributed by atoms with E-state index in [2.05, 4.69) is 15.2 Å². The van der Waals surface area contributed by atoms with Crippen molar-refractivity contribution in [3.63, 3.8) is 0 Å². The minimum absolute atomic E-state index is 0.146. The molecule has 1 aliphatic heterocycles. The summed E-state index contributed by atoms with van der Waals surface area (Å²) in [5.74, 6) is -0.220. The zero-order chi connectivity index (χ0) is 20.5. The Hall–Kier alpha value is -3.22. The van der Waals surface area contributed by atoms with Crippen molar-refractivity contribution in [2.75, 3.05) is 6.54 Å². The molecule has 0 bridgehead atoms. The number of piperidine rings is 1. The number of carbonyl (C=O) groups is 1. The quantitative estimate of drug-likeness (QED) is 0.743. The molecule has 1 aliphatic rings. The molecule has 0 radical (unpaired) electrons. The summed E-state index contributed by atoms with van der Waals surface area (Å²) in [5.41, 5.74) is 4.78. The lowest BCUT2D eigenvalue weighted by molar-refractivity contribution is 0.0604. The van der Waals surface area contributed by atoms with Crippen molar-refractivity contribution in [1.82, 2.24) is 24.6 Å². The Bertz CT molecular complexity index is 1110. The Morgan fingerprint density at radius 1 is 1.14 bits per heavy atom. The Kier molecular flexibility index (Phi) is 5.05. The summed E-state index contributed by atoms with van der Waals surface area (Å²) in [6.45, 7) is 4.49. The average molecular weight is 391 g/mol. The van der Waals surface area contributed by atoms with Crippen molar-refractivity contribution in [2.24, 2.45) is 7.05 Å². The highest BCUT2D eigenvalue weighted by atomic mass is 16.2. The third-order valence-corrected chi connectivity index (χ3v) is 5.86. The maximum absolute atomic E-state index is 13.4. The van der Waals surface area contributed by atoms with Crippen molar-refractivity contribution < 1.29 is 4.79 Å². The number of carbonyl (C=O) groups excluding carboxylic acids is 1. The molecule has 0 saturated carbocycles. The number of aromatic nitrogens is 4. The molecule has 3 aromatic rings. The normalized spacial score (nSPS) is 16.8. The lowest BCUT2D eigenvalue weighted by atomic mass is 9.93. The van der Waals surface area contributed by atoms with Gasteiger partial charge in [-0.05, 0) is 62.4 Å². The molecule has 0 spiro atoms. The predicted octanol–water partition coefficient (Wildman–Crippen LogP) is 3.15. The molecule has 0 aromatic carbocycles. The van der Waals surface area contributed by atoms with Crippen LogP contribution in [0.5, 0.6) is 0 Å². The van der Waals surface area contributed by atoms with Gasteiger partial charge < -0.3 is 9.47 Å². The molecule has 0 aliphatic carbocycles. The van der Waals surface area contributed by atoms with Crippen molar-refractivity contribution in [3.05, 3.63) is 69.7 Å². The monoisotopic (exact) mass is 391 g/mol. The fourth-order valence-corrected chi connectivity index (χ4v) is 4.06. The van der Waals surface area contributed by atoms with Crippen LogP contribution in [0.2, 0.25) is 0 Å². The lowest BCUT2D eigenvalue weighted by Crippen LogP contribution is -2.41. The van der Waals surface area contributed by atoms with Crippen LogP contribution in [0.25, 0.3) is 11.1 Å². The molecule has 150 valence electrons. The molecule has 3 aromatic heterocycles. The lowest BCUT2D eigenvalue weighted by Gasteiger charge is -2.35. The van der Waals surface area contributed by atoms with Crippen LogP contribution in [0, 0.1) is 13.8 Å². The van der Waals surface area contributed by atoms with Crippen LogP contribution in [0.4, 0.5) is 0 Å². The number of rotatable bonds is 3. The summed E-state index contributed by atoms with van der Waals surface area (Å²) in [5, 5.41) is 7.40. The van der Waals surface area contributed by atoms with Gasteiger partial charge in [-0.1, -0.05) is 0 Å². The summed E-state index contributed by atoms with van der Waals surface area (Å²) in [6, 6.07) is 5.28. The van der Waals surface area contributed by atoms with E-state index < -0.39 is 0 Å². The number of nitrogens with zero attached hydrogens (tertiary/aromatic N) is 4. The van der Waals surface area contributed by atoms with E-state index in [9.17, 15) is 9.59 Å².